The number of carbonyl (C=O) groups is 1. The Balaban J connectivity index is 3.19. The molecule has 0 fully saturated rings. The maximum absolute atomic E-state index is 11.2. The molecule has 74 valence electrons. The van der Waals surface area contributed by atoms with Crippen molar-refractivity contribution >= 4 is 43.9 Å². The number of phenols is 1. The lowest BCUT2D eigenvalue weighted by Crippen LogP contribution is -2.00. The number of hydrogen-bond donors (Lipinski definition) is 2. The van der Waals surface area contributed by atoms with E-state index in [0.717, 1.165) is 6.21 Å². The smallest absolute Gasteiger partial charge is 0.207 e. The van der Waals surface area contributed by atoms with E-state index in [1.807, 2.05) is 0 Å². The minimum absolute atomic E-state index is 0.0162. The Bertz CT molecular complexity index is 381. The number of Topliss-reactive ketones (excluding diaryl/α,β-unsaturated/α-hetero) is 1. The lowest BCUT2D eigenvalue weighted by Gasteiger charge is -2.02. The second-order valence-electron chi connectivity index (χ2n) is 2.40. The molecule has 6 heteroatoms. The van der Waals surface area contributed by atoms with Gasteiger partial charge in [-0.25, -0.2) is 0 Å². The summed E-state index contributed by atoms with van der Waals surface area (Å²) in [6.45, 7) is 0. The van der Waals surface area contributed by atoms with Gasteiger partial charge in [-0.05, 0) is 44.0 Å². The van der Waals surface area contributed by atoms with Crippen molar-refractivity contribution in [2.45, 2.75) is 0 Å². The molecule has 0 heterocycles. The molecule has 0 saturated heterocycles. The van der Waals surface area contributed by atoms with E-state index in [1.165, 1.54) is 12.1 Å². The number of aromatic hydroxyl groups is 1. The molecule has 1 aromatic carbocycles. The van der Waals surface area contributed by atoms with Gasteiger partial charge in [0.1, 0.15) is 12.0 Å². The highest BCUT2D eigenvalue weighted by Gasteiger charge is 2.10. The third kappa shape index (κ3) is 2.33. The molecule has 4 nitrogen and oxygen atoms in total. The molecule has 0 radical (unpaired) electrons. The van der Waals surface area contributed by atoms with Gasteiger partial charge in [0.15, 0.2) is 0 Å². The van der Waals surface area contributed by atoms with Crippen LogP contribution >= 0.6 is 31.9 Å². The van der Waals surface area contributed by atoms with Crippen LogP contribution in [0.25, 0.3) is 0 Å². The minimum atomic E-state index is -0.450. The molecule has 0 amide bonds. The van der Waals surface area contributed by atoms with E-state index >= 15 is 0 Å². The first kappa shape index (κ1) is 11.2. The van der Waals surface area contributed by atoms with Gasteiger partial charge in [-0.3, -0.25) is 4.79 Å². The Morgan fingerprint density at radius 3 is 2.29 bits per heavy atom. The first-order valence-electron chi connectivity index (χ1n) is 3.46. The van der Waals surface area contributed by atoms with Crippen LogP contribution in [0.15, 0.2) is 26.2 Å². The van der Waals surface area contributed by atoms with Crippen LogP contribution in [-0.2, 0) is 0 Å². The number of ketones is 1. The van der Waals surface area contributed by atoms with Crippen molar-refractivity contribution in [3.05, 3.63) is 26.6 Å². The predicted octanol–water partition coefficient (Wildman–Crippen LogP) is 2.56. The second-order valence-corrected chi connectivity index (χ2v) is 4.11. The van der Waals surface area contributed by atoms with Crippen LogP contribution in [0.3, 0.4) is 0 Å². The van der Waals surface area contributed by atoms with Crippen molar-refractivity contribution in [2.75, 3.05) is 0 Å². The van der Waals surface area contributed by atoms with E-state index in [0.29, 0.717) is 14.5 Å². The van der Waals surface area contributed by atoms with Crippen LogP contribution in [0, 0.1) is 0 Å². The van der Waals surface area contributed by atoms with Gasteiger partial charge < -0.3 is 10.3 Å². The highest BCUT2D eigenvalue weighted by atomic mass is 79.9. The van der Waals surface area contributed by atoms with Gasteiger partial charge >= 0.3 is 0 Å². The molecule has 0 atom stereocenters. The molecule has 0 aliphatic rings. The fourth-order valence-corrected chi connectivity index (χ4v) is 2.02. The Hall–Kier alpha value is -0.880. The Labute approximate surface area is 96.5 Å². The molecular weight excluding hydrogens is 318 g/mol. The van der Waals surface area contributed by atoms with Gasteiger partial charge in [-0.2, -0.15) is 0 Å². The monoisotopic (exact) mass is 321 g/mol. The van der Waals surface area contributed by atoms with Crippen LogP contribution in [0.4, 0.5) is 0 Å². The van der Waals surface area contributed by atoms with Crippen molar-refractivity contribution in [1.82, 2.24) is 0 Å². The largest absolute Gasteiger partial charge is 0.506 e. The van der Waals surface area contributed by atoms with E-state index in [2.05, 4.69) is 37.0 Å². The van der Waals surface area contributed by atoms with Gasteiger partial charge in [-0.1, -0.05) is 5.16 Å². The number of halogens is 2. The number of oxime groups is 1. The number of benzene rings is 1. The average Bonchev–Trinajstić information content (AvgIpc) is 2.13. The highest BCUT2D eigenvalue weighted by molar-refractivity contribution is 9.11. The first-order valence-corrected chi connectivity index (χ1v) is 5.04. The molecule has 0 saturated carbocycles. The topological polar surface area (TPSA) is 69.9 Å². The van der Waals surface area contributed by atoms with Crippen molar-refractivity contribution in [3.8, 4) is 5.75 Å². The lowest BCUT2D eigenvalue weighted by atomic mass is 10.1. The van der Waals surface area contributed by atoms with Crippen LogP contribution in [0.1, 0.15) is 10.4 Å². The molecule has 2 N–H and O–H groups in total. The number of carbonyl (C=O) groups excluding carboxylic acids is 1. The Morgan fingerprint density at radius 2 is 1.86 bits per heavy atom. The number of nitrogens with zero attached hydrogens (tertiary/aromatic N) is 1. The summed E-state index contributed by atoms with van der Waals surface area (Å²) in [7, 11) is 0. The predicted molar refractivity (Wildman–Crippen MR) is 58.1 cm³/mol. The lowest BCUT2D eigenvalue weighted by molar-refractivity contribution is 0.106. The van der Waals surface area contributed by atoms with E-state index < -0.39 is 5.78 Å². The molecule has 14 heavy (non-hydrogen) atoms. The third-order valence-corrected chi connectivity index (χ3v) is 2.69. The fraction of sp³-hybridized carbons (Fsp3) is 0. The molecule has 1 aromatic rings. The van der Waals surface area contributed by atoms with Crippen molar-refractivity contribution < 1.29 is 15.1 Å². The van der Waals surface area contributed by atoms with Crippen molar-refractivity contribution in [1.29, 1.82) is 0 Å². The summed E-state index contributed by atoms with van der Waals surface area (Å²) < 4.78 is 0.781. The van der Waals surface area contributed by atoms with Crippen molar-refractivity contribution in [2.24, 2.45) is 5.16 Å². The van der Waals surface area contributed by atoms with Gasteiger partial charge in [0.2, 0.25) is 5.78 Å². The van der Waals surface area contributed by atoms with Gasteiger partial charge in [-0.15, -0.1) is 0 Å². The first-order chi connectivity index (χ1) is 6.56. The minimum Gasteiger partial charge on any atom is -0.506 e. The molecule has 1 rings (SSSR count). The van der Waals surface area contributed by atoms with Gasteiger partial charge in [0, 0.05) is 5.56 Å². The quantitative estimate of drug-likeness (QED) is 0.380. The summed E-state index contributed by atoms with van der Waals surface area (Å²) in [5, 5.41) is 20.1. The summed E-state index contributed by atoms with van der Waals surface area (Å²) >= 11 is 6.15. The van der Waals surface area contributed by atoms with Crippen LogP contribution in [0.5, 0.6) is 5.75 Å². The van der Waals surface area contributed by atoms with Crippen LogP contribution in [0.2, 0.25) is 0 Å². The van der Waals surface area contributed by atoms with Crippen LogP contribution in [-0.4, -0.2) is 22.3 Å². The van der Waals surface area contributed by atoms with E-state index in [-0.39, 0.29) is 5.75 Å². The maximum Gasteiger partial charge on any atom is 0.207 e. The maximum atomic E-state index is 11.2. The van der Waals surface area contributed by atoms with E-state index in [1.54, 1.807) is 0 Å². The number of phenolic OH excluding ortho intramolecular Hbond substituents is 1. The molecular formula is C8H5Br2NO3. The standard InChI is InChI=1S/C8H5Br2NO3/c9-5-1-4(7(12)3-11-14)2-6(10)8(5)13/h1-3,13-14H/b11-3+. The summed E-state index contributed by atoms with van der Waals surface area (Å²) in [6, 6.07) is 2.87. The summed E-state index contributed by atoms with van der Waals surface area (Å²) in [5.41, 5.74) is 0.305. The molecule has 0 aliphatic heterocycles. The summed E-state index contributed by atoms with van der Waals surface area (Å²) in [5.74, 6) is -0.434. The molecule has 0 unspecified atom stereocenters. The zero-order valence-corrected chi connectivity index (χ0v) is 9.91. The zero-order chi connectivity index (χ0) is 10.7. The number of hydrogen-bond acceptors (Lipinski definition) is 4. The molecule has 0 aliphatic carbocycles. The number of rotatable bonds is 2. The van der Waals surface area contributed by atoms with Crippen molar-refractivity contribution in [3.63, 3.8) is 0 Å². The molecule has 0 bridgehead atoms. The SMILES string of the molecule is O=C(/C=N/O)c1cc(Br)c(O)c(Br)c1. The Kier molecular flexibility index (Phi) is 3.65. The normalized spacial score (nSPS) is 10.7. The van der Waals surface area contributed by atoms with E-state index in [4.69, 9.17) is 5.21 Å². The average molecular weight is 323 g/mol. The van der Waals surface area contributed by atoms with E-state index in [9.17, 15) is 9.90 Å². The van der Waals surface area contributed by atoms with Gasteiger partial charge in [0.05, 0.1) is 8.95 Å². The highest BCUT2D eigenvalue weighted by Crippen LogP contribution is 2.33. The fourth-order valence-electron chi connectivity index (χ4n) is 0.835. The second kappa shape index (κ2) is 4.56. The summed E-state index contributed by atoms with van der Waals surface area (Å²) in [6.07, 6.45) is 0.783. The van der Waals surface area contributed by atoms with Gasteiger partial charge in [0.25, 0.3) is 0 Å². The summed E-state index contributed by atoms with van der Waals surface area (Å²) in [4.78, 5) is 11.2. The third-order valence-electron chi connectivity index (χ3n) is 1.48. The Morgan fingerprint density at radius 1 is 1.36 bits per heavy atom. The zero-order valence-electron chi connectivity index (χ0n) is 6.74. The molecule has 0 aromatic heterocycles. The van der Waals surface area contributed by atoms with Crippen LogP contribution < -0.4 is 0 Å². The molecule has 0 spiro atoms.